The minimum atomic E-state index is 0.341. The van der Waals surface area contributed by atoms with Crippen molar-refractivity contribution in [2.75, 3.05) is 5.73 Å². The number of benzene rings is 1. The Morgan fingerprint density at radius 1 is 1.25 bits per heavy atom. The molecule has 0 atom stereocenters. The first kappa shape index (κ1) is 10.7. The van der Waals surface area contributed by atoms with Gasteiger partial charge in [0.25, 0.3) is 0 Å². The van der Waals surface area contributed by atoms with Crippen molar-refractivity contribution in [1.82, 2.24) is 9.97 Å². The molecule has 4 nitrogen and oxygen atoms in total. The van der Waals surface area contributed by atoms with E-state index in [9.17, 15) is 0 Å². The van der Waals surface area contributed by atoms with Crippen LogP contribution in [0.2, 0.25) is 5.02 Å². The summed E-state index contributed by atoms with van der Waals surface area (Å²) < 4.78 is 5.48. The summed E-state index contributed by atoms with van der Waals surface area (Å²) in [6.07, 6.45) is 3.08. The Morgan fingerprint density at radius 3 is 2.81 bits per heavy atom. The van der Waals surface area contributed by atoms with Crippen LogP contribution in [0.3, 0.4) is 0 Å². The number of halogens is 1. The molecule has 2 N–H and O–H groups in total. The maximum atomic E-state index is 5.82. The number of rotatable bonds is 3. The monoisotopic (exact) mass is 235 g/mol. The fourth-order valence-corrected chi connectivity index (χ4v) is 1.33. The summed E-state index contributed by atoms with van der Waals surface area (Å²) in [5, 5.41) is 0.640. The lowest BCUT2D eigenvalue weighted by molar-refractivity contribution is 0.301. The Balaban J connectivity index is 1.99. The molecule has 0 amide bonds. The molecule has 1 aromatic heterocycles. The third-order valence-electron chi connectivity index (χ3n) is 1.91. The van der Waals surface area contributed by atoms with E-state index in [1.165, 1.54) is 6.20 Å². The first-order valence-electron chi connectivity index (χ1n) is 4.69. The van der Waals surface area contributed by atoms with Crippen LogP contribution in [0.1, 0.15) is 5.69 Å². The van der Waals surface area contributed by atoms with E-state index in [2.05, 4.69) is 9.97 Å². The zero-order chi connectivity index (χ0) is 11.4. The lowest BCUT2D eigenvalue weighted by atomic mass is 10.3. The Labute approximate surface area is 98.0 Å². The number of hydrogen-bond donors (Lipinski definition) is 1. The molecular weight excluding hydrogens is 226 g/mol. The average molecular weight is 236 g/mol. The second-order valence-electron chi connectivity index (χ2n) is 3.18. The van der Waals surface area contributed by atoms with E-state index in [1.807, 2.05) is 12.1 Å². The van der Waals surface area contributed by atoms with Gasteiger partial charge in [0.15, 0.2) is 0 Å². The number of nitrogen functional groups attached to an aromatic ring is 1. The maximum Gasteiger partial charge on any atom is 0.141 e. The maximum absolute atomic E-state index is 5.82. The molecule has 0 radical (unpaired) electrons. The predicted octanol–water partition coefficient (Wildman–Crippen LogP) is 2.29. The zero-order valence-corrected chi connectivity index (χ0v) is 9.19. The summed E-state index contributed by atoms with van der Waals surface area (Å²) in [5.41, 5.74) is 6.14. The van der Waals surface area contributed by atoms with Crippen molar-refractivity contribution in [2.45, 2.75) is 6.61 Å². The van der Waals surface area contributed by atoms with Gasteiger partial charge in [0.05, 0.1) is 18.1 Å². The molecule has 1 aromatic carbocycles. The van der Waals surface area contributed by atoms with Crippen molar-refractivity contribution in [3.05, 3.63) is 47.4 Å². The molecule has 16 heavy (non-hydrogen) atoms. The lowest BCUT2D eigenvalue weighted by Crippen LogP contribution is -2.00. The van der Waals surface area contributed by atoms with Crippen LogP contribution in [0.5, 0.6) is 5.75 Å². The van der Waals surface area contributed by atoms with Gasteiger partial charge in [0.1, 0.15) is 18.2 Å². The molecule has 0 bridgehead atoms. The van der Waals surface area contributed by atoms with Crippen molar-refractivity contribution < 1.29 is 4.74 Å². The van der Waals surface area contributed by atoms with E-state index in [-0.39, 0.29) is 0 Å². The van der Waals surface area contributed by atoms with Gasteiger partial charge in [0.2, 0.25) is 0 Å². The Morgan fingerprint density at radius 2 is 2.12 bits per heavy atom. The number of anilines is 1. The first-order valence-corrected chi connectivity index (χ1v) is 5.06. The van der Waals surface area contributed by atoms with Gasteiger partial charge in [-0.2, -0.15) is 0 Å². The Bertz CT molecular complexity index is 473. The van der Waals surface area contributed by atoms with Crippen molar-refractivity contribution >= 4 is 17.4 Å². The van der Waals surface area contributed by atoms with Crippen LogP contribution in [0.25, 0.3) is 0 Å². The molecule has 0 aliphatic heterocycles. The number of hydrogen-bond acceptors (Lipinski definition) is 4. The van der Waals surface area contributed by atoms with E-state index in [1.54, 1.807) is 18.3 Å². The number of nitrogens with zero attached hydrogens (tertiary/aromatic N) is 2. The third-order valence-corrected chi connectivity index (χ3v) is 2.14. The highest BCUT2D eigenvalue weighted by atomic mass is 35.5. The van der Waals surface area contributed by atoms with Gasteiger partial charge in [-0.1, -0.05) is 17.7 Å². The second-order valence-corrected chi connectivity index (χ2v) is 3.62. The van der Waals surface area contributed by atoms with Crippen molar-refractivity contribution in [1.29, 1.82) is 0 Å². The molecular formula is C11H10ClN3O. The topological polar surface area (TPSA) is 61.0 Å². The summed E-state index contributed by atoms with van der Waals surface area (Å²) in [7, 11) is 0. The van der Waals surface area contributed by atoms with Gasteiger partial charge in [0, 0.05) is 5.02 Å². The van der Waals surface area contributed by atoms with Gasteiger partial charge in [-0.05, 0) is 18.2 Å². The first-order chi connectivity index (χ1) is 7.74. The second kappa shape index (κ2) is 4.81. The Kier molecular flexibility index (Phi) is 3.22. The van der Waals surface area contributed by atoms with Crippen LogP contribution in [0.4, 0.5) is 5.82 Å². The highest BCUT2D eigenvalue weighted by molar-refractivity contribution is 6.30. The summed E-state index contributed by atoms with van der Waals surface area (Å²) >= 11 is 5.82. The van der Waals surface area contributed by atoms with Crippen LogP contribution >= 0.6 is 11.6 Å². The van der Waals surface area contributed by atoms with Crippen molar-refractivity contribution in [2.24, 2.45) is 0 Å². The normalized spacial score (nSPS) is 10.1. The molecule has 0 aliphatic carbocycles. The smallest absolute Gasteiger partial charge is 0.141 e. The van der Waals surface area contributed by atoms with Gasteiger partial charge in [-0.25, -0.2) is 4.98 Å². The third kappa shape index (κ3) is 2.84. The van der Waals surface area contributed by atoms with E-state index in [4.69, 9.17) is 22.1 Å². The molecule has 0 spiro atoms. The van der Waals surface area contributed by atoms with Gasteiger partial charge in [-0.15, -0.1) is 0 Å². The highest BCUT2D eigenvalue weighted by Crippen LogP contribution is 2.17. The average Bonchev–Trinajstić information content (AvgIpc) is 2.28. The summed E-state index contributed by atoms with van der Waals surface area (Å²) in [6, 6.07) is 7.19. The Hall–Kier alpha value is -1.81. The summed E-state index contributed by atoms with van der Waals surface area (Å²) in [5.74, 6) is 1.10. The fourth-order valence-electron chi connectivity index (χ4n) is 1.15. The number of nitrogens with two attached hydrogens (primary N) is 1. The predicted molar refractivity (Wildman–Crippen MR) is 62.2 cm³/mol. The molecule has 0 fully saturated rings. The fraction of sp³-hybridized carbons (Fsp3) is 0.0909. The molecule has 1 heterocycles. The molecule has 2 aromatic rings. The van der Waals surface area contributed by atoms with Crippen LogP contribution in [-0.2, 0) is 6.61 Å². The van der Waals surface area contributed by atoms with E-state index in [0.29, 0.717) is 28.9 Å². The van der Waals surface area contributed by atoms with Crippen LogP contribution in [-0.4, -0.2) is 9.97 Å². The minimum Gasteiger partial charge on any atom is -0.487 e. The van der Waals surface area contributed by atoms with Gasteiger partial charge < -0.3 is 10.5 Å². The van der Waals surface area contributed by atoms with Gasteiger partial charge in [-0.3, -0.25) is 4.98 Å². The quantitative estimate of drug-likeness (QED) is 0.887. The SMILES string of the molecule is Nc1cnc(COc2cccc(Cl)c2)cn1. The summed E-state index contributed by atoms with van der Waals surface area (Å²) in [4.78, 5) is 7.99. The van der Waals surface area contributed by atoms with E-state index < -0.39 is 0 Å². The minimum absolute atomic E-state index is 0.341. The lowest BCUT2D eigenvalue weighted by Gasteiger charge is -2.05. The zero-order valence-electron chi connectivity index (χ0n) is 8.43. The largest absolute Gasteiger partial charge is 0.487 e. The molecule has 0 saturated heterocycles. The molecule has 0 aliphatic rings. The molecule has 0 saturated carbocycles. The molecule has 82 valence electrons. The van der Waals surface area contributed by atoms with Crippen LogP contribution < -0.4 is 10.5 Å². The molecule has 5 heteroatoms. The van der Waals surface area contributed by atoms with Crippen molar-refractivity contribution in [3.8, 4) is 5.75 Å². The molecule has 0 unspecified atom stereocenters. The number of ether oxygens (including phenoxy) is 1. The van der Waals surface area contributed by atoms with Crippen LogP contribution in [0, 0.1) is 0 Å². The van der Waals surface area contributed by atoms with Crippen molar-refractivity contribution in [3.63, 3.8) is 0 Å². The standard InChI is InChI=1S/C11H10ClN3O/c12-8-2-1-3-10(4-8)16-7-9-5-15-11(13)6-14-9/h1-6H,7H2,(H2,13,15). The van der Waals surface area contributed by atoms with E-state index in [0.717, 1.165) is 0 Å². The summed E-state index contributed by atoms with van der Waals surface area (Å²) in [6.45, 7) is 0.341. The van der Waals surface area contributed by atoms with Crippen LogP contribution in [0.15, 0.2) is 36.7 Å². The highest BCUT2D eigenvalue weighted by Gasteiger charge is 1.98. The van der Waals surface area contributed by atoms with E-state index >= 15 is 0 Å². The number of aromatic nitrogens is 2. The van der Waals surface area contributed by atoms with Gasteiger partial charge >= 0.3 is 0 Å². The molecule has 2 rings (SSSR count).